The molecule has 1 N–H and O–H groups in total. The quantitative estimate of drug-likeness (QED) is 0.435. The molecule has 0 aromatic heterocycles. The van der Waals surface area contributed by atoms with Gasteiger partial charge in [0, 0.05) is 6.54 Å². The molecule has 0 aliphatic carbocycles. The zero-order valence-electron chi connectivity index (χ0n) is 3.68. The summed E-state index contributed by atoms with van der Waals surface area (Å²) in [5.74, 6) is 0. The van der Waals surface area contributed by atoms with Crippen molar-refractivity contribution in [3.8, 4) is 6.07 Å². The minimum Gasteiger partial charge on any atom is -0.278 e. The van der Waals surface area contributed by atoms with Crippen molar-refractivity contribution in [2.24, 2.45) is 4.99 Å². The maximum absolute atomic E-state index is 8.12. The molecule has 0 bridgehead atoms. The zero-order chi connectivity index (χ0) is 5.11. The van der Waals surface area contributed by atoms with Crippen LogP contribution in [0.15, 0.2) is 4.99 Å². The fourth-order valence-electron chi connectivity index (χ4n) is 0.399. The second-order valence-corrected chi connectivity index (χ2v) is 1.20. The molecule has 1 rings (SSSR count). The Morgan fingerprint density at radius 1 is 2.00 bits per heavy atom. The lowest BCUT2D eigenvalue weighted by Gasteiger charge is -1.89. The molecule has 0 saturated heterocycles. The number of rotatable bonds is 0. The van der Waals surface area contributed by atoms with E-state index in [1.807, 2.05) is 6.07 Å². The van der Waals surface area contributed by atoms with Gasteiger partial charge in [-0.15, -0.1) is 0 Å². The fourth-order valence-corrected chi connectivity index (χ4v) is 0.399. The van der Waals surface area contributed by atoms with Crippen molar-refractivity contribution in [2.75, 3.05) is 6.54 Å². The molecule has 1 aliphatic rings. The van der Waals surface area contributed by atoms with Crippen LogP contribution >= 0.6 is 0 Å². The highest BCUT2D eigenvalue weighted by atomic mass is 15.1. The summed E-state index contributed by atoms with van der Waals surface area (Å²) in [6.45, 7) is 0.609. The SMILES string of the molecule is N#CC1N=[C]CN1. The largest absolute Gasteiger partial charge is 0.278 e. The smallest absolute Gasteiger partial charge is 0.188 e. The third kappa shape index (κ3) is 0.756. The van der Waals surface area contributed by atoms with Gasteiger partial charge in [0.25, 0.3) is 0 Å². The summed E-state index contributed by atoms with van der Waals surface area (Å²) in [5, 5.41) is 10.9. The van der Waals surface area contributed by atoms with E-state index in [-0.39, 0.29) is 6.17 Å². The van der Waals surface area contributed by atoms with Gasteiger partial charge in [-0.1, -0.05) is 0 Å². The summed E-state index contributed by atoms with van der Waals surface area (Å²) in [4.78, 5) is 3.63. The molecule has 0 aromatic carbocycles. The van der Waals surface area contributed by atoms with Gasteiger partial charge < -0.3 is 0 Å². The highest BCUT2D eigenvalue weighted by Gasteiger charge is 2.04. The maximum atomic E-state index is 8.12. The summed E-state index contributed by atoms with van der Waals surface area (Å²) < 4.78 is 0. The van der Waals surface area contributed by atoms with Crippen molar-refractivity contribution in [3.63, 3.8) is 0 Å². The molecule has 3 heteroatoms. The van der Waals surface area contributed by atoms with Crippen LogP contribution in [0.1, 0.15) is 0 Å². The van der Waals surface area contributed by atoms with Crippen LogP contribution in [0.5, 0.6) is 0 Å². The van der Waals surface area contributed by atoms with Crippen LogP contribution in [0.25, 0.3) is 0 Å². The number of nitriles is 1. The minimum atomic E-state index is -0.333. The van der Waals surface area contributed by atoms with Crippen LogP contribution in [0.2, 0.25) is 0 Å². The molecule has 0 amide bonds. The molecule has 0 saturated carbocycles. The van der Waals surface area contributed by atoms with Gasteiger partial charge in [0.05, 0.1) is 6.21 Å². The van der Waals surface area contributed by atoms with Crippen molar-refractivity contribution in [3.05, 3.63) is 0 Å². The van der Waals surface area contributed by atoms with Gasteiger partial charge in [-0.3, -0.25) is 10.3 Å². The molecular formula is C4H4N3. The lowest BCUT2D eigenvalue weighted by Crippen LogP contribution is -2.19. The van der Waals surface area contributed by atoms with Crippen LogP contribution < -0.4 is 5.32 Å². The highest BCUT2D eigenvalue weighted by molar-refractivity contribution is 5.62. The van der Waals surface area contributed by atoms with Gasteiger partial charge in [0.15, 0.2) is 6.17 Å². The van der Waals surface area contributed by atoms with Gasteiger partial charge in [0.2, 0.25) is 0 Å². The number of hydrogen-bond acceptors (Lipinski definition) is 3. The topological polar surface area (TPSA) is 48.2 Å². The van der Waals surface area contributed by atoms with E-state index >= 15 is 0 Å². The Kier molecular flexibility index (Phi) is 1.05. The lowest BCUT2D eigenvalue weighted by atomic mass is 10.6. The van der Waals surface area contributed by atoms with E-state index in [0.29, 0.717) is 6.54 Å². The second kappa shape index (κ2) is 1.71. The number of nitrogens with zero attached hydrogens (tertiary/aromatic N) is 2. The van der Waals surface area contributed by atoms with Gasteiger partial charge in [-0.05, 0) is 0 Å². The Hall–Kier alpha value is -0.880. The molecule has 0 spiro atoms. The Bertz CT molecular complexity index is 121. The molecular weight excluding hydrogens is 90.1 g/mol. The predicted octanol–water partition coefficient (Wildman–Crippen LogP) is -0.613. The summed E-state index contributed by atoms with van der Waals surface area (Å²) in [6.07, 6.45) is 2.28. The Labute approximate surface area is 41.7 Å². The van der Waals surface area contributed by atoms with E-state index in [0.717, 1.165) is 0 Å². The molecule has 1 aliphatic heterocycles. The summed E-state index contributed by atoms with van der Waals surface area (Å²) in [5.41, 5.74) is 0. The van der Waals surface area contributed by atoms with Gasteiger partial charge in [-0.2, -0.15) is 5.26 Å². The fraction of sp³-hybridized carbons (Fsp3) is 0.500. The number of aliphatic imine (C=N–C) groups is 1. The van der Waals surface area contributed by atoms with Gasteiger partial charge in [0.1, 0.15) is 6.07 Å². The van der Waals surface area contributed by atoms with Crippen LogP contribution in [0, 0.1) is 11.3 Å². The predicted molar refractivity (Wildman–Crippen MR) is 24.8 cm³/mol. The molecule has 1 radical (unpaired) electrons. The minimum absolute atomic E-state index is 0.333. The summed E-state index contributed by atoms with van der Waals surface area (Å²) in [6, 6.07) is 1.92. The molecule has 35 valence electrons. The molecule has 0 fully saturated rings. The molecule has 3 nitrogen and oxygen atoms in total. The van der Waals surface area contributed by atoms with Gasteiger partial charge >= 0.3 is 0 Å². The Morgan fingerprint density at radius 2 is 2.86 bits per heavy atom. The van der Waals surface area contributed by atoms with E-state index in [2.05, 4.69) is 16.5 Å². The van der Waals surface area contributed by atoms with E-state index in [4.69, 9.17) is 5.26 Å². The van der Waals surface area contributed by atoms with Crippen molar-refractivity contribution in [1.82, 2.24) is 5.32 Å². The summed E-state index contributed by atoms with van der Waals surface area (Å²) in [7, 11) is 0. The van der Waals surface area contributed by atoms with Crippen molar-refractivity contribution in [1.29, 1.82) is 5.26 Å². The van der Waals surface area contributed by atoms with E-state index in [9.17, 15) is 0 Å². The first-order valence-electron chi connectivity index (χ1n) is 1.99. The van der Waals surface area contributed by atoms with Crippen LogP contribution in [-0.2, 0) is 0 Å². The molecule has 1 atom stereocenters. The van der Waals surface area contributed by atoms with E-state index in [1.54, 1.807) is 0 Å². The van der Waals surface area contributed by atoms with E-state index < -0.39 is 0 Å². The van der Waals surface area contributed by atoms with Crippen LogP contribution in [0.3, 0.4) is 0 Å². The molecule has 1 heterocycles. The molecule has 1 unspecified atom stereocenters. The highest BCUT2D eigenvalue weighted by Crippen LogP contribution is 1.85. The normalized spacial score (nSPS) is 27.6. The third-order valence-corrected chi connectivity index (χ3v) is 0.717. The first-order valence-corrected chi connectivity index (χ1v) is 1.99. The van der Waals surface area contributed by atoms with Crippen LogP contribution in [-0.4, -0.2) is 18.9 Å². The maximum Gasteiger partial charge on any atom is 0.188 e. The second-order valence-electron chi connectivity index (χ2n) is 1.20. The van der Waals surface area contributed by atoms with Crippen molar-refractivity contribution < 1.29 is 0 Å². The lowest BCUT2D eigenvalue weighted by molar-refractivity contribution is 0.731. The van der Waals surface area contributed by atoms with Crippen molar-refractivity contribution in [2.45, 2.75) is 6.17 Å². The molecule has 0 aromatic rings. The monoisotopic (exact) mass is 94.0 g/mol. The summed E-state index contributed by atoms with van der Waals surface area (Å²) >= 11 is 0. The zero-order valence-corrected chi connectivity index (χ0v) is 3.68. The van der Waals surface area contributed by atoms with E-state index in [1.165, 1.54) is 0 Å². The number of hydrogen-bond donors (Lipinski definition) is 1. The Balaban J connectivity index is 2.47. The number of nitrogens with one attached hydrogen (secondary N) is 1. The van der Waals surface area contributed by atoms with Crippen LogP contribution in [0.4, 0.5) is 0 Å². The first kappa shape index (κ1) is 4.28. The van der Waals surface area contributed by atoms with Crippen molar-refractivity contribution >= 4 is 6.21 Å². The Morgan fingerprint density at radius 3 is 3.14 bits per heavy atom. The first-order chi connectivity index (χ1) is 3.43. The standard InChI is InChI=1S/C4H4N3/c5-3-4-6-1-2-7-4/h4,6H,1H2. The average Bonchev–Trinajstić information content (AvgIpc) is 2.14. The van der Waals surface area contributed by atoms with Gasteiger partial charge in [-0.25, -0.2) is 0 Å². The average molecular weight is 94.1 g/mol. The third-order valence-electron chi connectivity index (χ3n) is 0.717. The molecule has 7 heavy (non-hydrogen) atoms.